The van der Waals surface area contributed by atoms with Gasteiger partial charge >= 0.3 is 0 Å². The standard InChI is InChI=1S/C19H23ClN4O/c1-14-17(11-21-13-23-14)19(25)22-12-18(24-9-3-2-4-10-24)15-5-7-16(20)8-6-15/h5-8,11,13,18H,2-4,9-10,12H2,1H3,(H,22,25)/t18-/m0/s1. The molecule has 1 aromatic carbocycles. The number of hydrogen-bond acceptors (Lipinski definition) is 4. The molecule has 0 spiro atoms. The van der Waals surface area contributed by atoms with E-state index in [0.717, 1.165) is 18.1 Å². The number of benzene rings is 1. The van der Waals surface area contributed by atoms with E-state index < -0.39 is 0 Å². The fourth-order valence-electron chi connectivity index (χ4n) is 3.27. The molecule has 1 aromatic heterocycles. The van der Waals surface area contributed by atoms with Crippen LogP contribution in [0.2, 0.25) is 5.02 Å². The van der Waals surface area contributed by atoms with Crippen LogP contribution in [0.25, 0.3) is 0 Å². The van der Waals surface area contributed by atoms with E-state index in [4.69, 9.17) is 11.6 Å². The normalized spacial score (nSPS) is 16.4. The number of rotatable bonds is 5. The van der Waals surface area contributed by atoms with Gasteiger partial charge in [0.1, 0.15) is 6.33 Å². The predicted octanol–water partition coefficient (Wildman–Crippen LogP) is 3.40. The van der Waals surface area contributed by atoms with Gasteiger partial charge in [-0.05, 0) is 50.6 Å². The van der Waals surface area contributed by atoms with Gasteiger partial charge in [0.05, 0.1) is 17.3 Å². The zero-order valence-electron chi connectivity index (χ0n) is 14.4. The second-order valence-electron chi connectivity index (χ2n) is 6.40. The quantitative estimate of drug-likeness (QED) is 0.890. The molecular weight excluding hydrogens is 336 g/mol. The minimum absolute atomic E-state index is 0.130. The number of hydrogen-bond donors (Lipinski definition) is 1. The van der Waals surface area contributed by atoms with E-state index >= 15 is 0 Å². The minimum atomic E-state index is -0.130. The number of aryl methyl sites for hydroxylation is 1. The summed E-state index contributed by atoms with van der Waals surface area (Å²) in [5.41, 5.74) is 2.39. The van der Waals surface area contributed by atoms with Crippen molar-refractivity contribution in [2.75, 3.05) is 19.6 Å². The first-order chi connectivity index (χ1) is 12.1. The Kier molecular flexibility index (Phi) is 6.00. The van der Waals surface area contributed by atoms with Crippen LogP contribution in [-0.2, 0) is 0 Å². The van der Waals surface area contributed by atoms with Crippen molar-refractivity contribution in [3.8, 4) is 0 Å². The lowest BCUT2D eigenvalue weighted by Crippen LogP contribution is -2.40. The van der Waals surface area contributed by atoms with Gasteiger partial charge in [-0.15, -0.1) is 0 Å². The Balaban J connectivity index is 1.74. The molecule has 1 fully saturated rings. The van der Waals surface area contributed by atoms with Gasteiger partial charge in [-0.3, -0.25) is 9.69 Å². The van der Waals surface area contributed by atoms with Gasteiger partial charge in [-0.1, -0.05) is 30.2 Å². The summed E-state index contributed by atoms with van der Waals surface area (Å²) in [4.78, 5) is 23.0. The van der Waals surface area contributed by atoms with Gasteiger partial charge in [-0.2, -0.15) is 0 Å². The number of piperidine rings is 1. The number of halogens is 1. The highest BCUT2D eigenvalue weighted by Gasteiger charge is 2.23. The maximum Gasteiger partial charge on any atom is 0.254 e. The lowest BCUT2D eigenvalue weighted by Gasteiger charge is -2.35. The zero-order chi connectivity index (χ0) is 17.6. The van der Waals surface area contributed by atoms with Crippen molar-refractivity contribution in [3.05, 3.63) is 58.6 Å². The third-order valence-corrected chi connectivity index (χ3v) is 4.95. The van der Waals surface area contributed by atoms with Crippen LogP contribution in [0.1, 0.15) is 46.9 Å². The van der Waals surface area contributed by atoms with Gasteiger partial charge in [0.2, 0.25) is 0 Å². The Hall–Kier alpha value is -1.98. The summed E-state index contributed by atoms with van der Waals surface area (Å²) in [7, 11) is 0. The van der Waals surface area contributed by atoms with Crippen molar-refractivity contribution in [1.29, 1.82) is 0 Å². The number of amides is 1. The Morgan fingerprint density at radius 1 is 1.24 bits per heavy atom. The molecule has 5 nitrogen and oxygen atoms in total. The van der Waals surface area contributed by atoms with Crippen LogP contribution < -0.4 is 5.32 Å². The Bertz CT molecular complexity index is 714. The van der Waals surface area contributed by atoms with Gasteiger partial charge < -0.3 is 5.32 Å². The van der Waals surface area contributed by atoms with E-state index in [9.17, 15) is 4.79 Å². The highest BCUT2D eigenvalue weighted by Crippen LogP contribution is 2.25. The van der Waals surface area contributed by atoms with Crippen molar-refractivity contribution in [2.24, 2.45) is 0 Å². The molecule has 1 saturated heterocycles. The van der Waals surface area contributed by atoms with Gasteiger partial charge in [-0.25, -0.2) is 9.97 Å². The van der Waals surface area contributed by atoms with Crippen LogP contribution in [0.5, 0.6) is 0 Å². The molecule has 1 aliphatic rings. The molecule has 2 heterocycles. The van der Waals surface area contributed by atoms with Crippen LogP contribution in [0, 0.1) is 6.92 Å². The van der Waals surface area contributed by atoms with Crippen LogP contribution in [0.3, 0.4) is 0 Å². The minimum Gasteiger partial charge on any atom is -0.350 e. The lowest BCUT2D eigenvalue weighted by molar-refractivity contribution is 0.0923. The molecule has 6 heteroatoms. The number of likely N-dealkylation sites (tertiary alicyclic amines) is 1. The fraction of sp³-hybridized carbons (Fsp3) is 0.421. The molecule has 0 aliphatic carbocycles. The van der Waals surface area contributed by atoms with E-state index in [1.165, 1.54) is 31.2 Å². The number of carbonyl (C=O) groups excluding carboxylic acids is 1. The SMILES string of the molecule is Cc1ncncc1C(=O)NC[C@@H](c1ccc(Cl)cc1)N1CCCCC1. The fourth-order valence-corrected chi connectivity index (χ4v) is 3.40. The Morgan fingerprint density at radius 2 is 1.96 bits per heavy atom. The van der Waals surface area contributed by atoms with Crippen molar-refractivity contribution in [1.82, 2.24) is 20.2 Å². The summed E-state index contributed by atoms with van der Waals surface area (Å²) < 4.78 is 0. The van der Waals surface area contributed by atoms with Crippen molar-refractivity contribution in [2.45, 2.75) is 32.2 Å². The van der Waals surface area contributed by atoms with Crippen molar-refractivity contribution < 1.29 is 4.79 Å². The summed E-state index contributed by atoms with van der Waals surface area (Å²) in [6.07, 6.45) is 6.69. The maximum atomic E-state index is 12.5. The van der Waals surface area contributed by atoms with Crippen LogP contribution >= 0.6 is 11.6 Å². The topological polar surface area (TPSA) is 58.1 Å². The summed E-state index contributed by atoms with van der Waals surface area (Å²) in [5.74, 6) is -0.130. The van der Waals surface area contributed by atoms with Crippen LogP contribution in [0.4, 0.5) is 0 Å². The van der Waals surface area contributed by atoms with Crippen LogP contribution in [-0.4, -0.2) is 40.4 Å². The Labute approximate surface area is 153 Å². The van der Waals surface area contributed by atoms with Gasteiger partial charge in [0.15, 0.2) is 0 Å². The molecule has 25 heavy (non-hydrogen) atoms. The number of nitrogens with one attached hydrogen (secondary N) is 1. The number of nitrogens with zero attached hydrogens (tertiary/aromatic N) is 3. The van der Waals surface area contributed by atoms with E-state index in [1.807, 2.05) is 31.2 Å². The van der Waals surface area contributed by atoms with Crippen LogP contribution in [0.15, 0.2) is 36.8 Å². The monoisotopic (exact) mass is 358 g/mol. The number of carbonyl (C=O) groups is 1. The van der Waals surface area contributed by atoms with Crippen molar-refractivity contribution >= 4 is 17.5 Å². The zero-order valence-corrected chi connectivity index (χ0v) is 15.2. The van der Waals surface area contributed by atoms with E-state index in [2.05, 4.69) is 20.2 Å². The summed E-state index contributed by atoms with van der Waals surface area (Å²) >= 11 is 6.03. The van der Waals surface area contributed by atoms with E-state index in [0.29, 0.717) is 17.8 Å². The maximum absolute atomic E-state index is 12.5. The molecular formula is C19H23ClN4O. The Morgan fingerprint density at radius 3 is 2.64 bits per heavy atom. The lowest BCUT2D eigenvalue weighted by atomic mass is 10.0. The first kappa shape index (κ1) is 17.8. The van der Waals surface area contributed by atoms with E-state index in [-0.39, 0.29) is 11.9 Å². The summed E-state index contributed by atoms with van der Waals surface area (Å²) in [6.45, 7) is 4.47. The molecule has 1 amide bonds. The molecule has 0 bridgehead atoms. The highest BCUT2D eigenvalue weighted by molar-refractivity contribution is 6.30. The van der Waals surface area contributed by atoms with Crippen molar-refractivity contribution in [3.63, 3.8) is 0 Å². The summed E-state index contributed by atoms with van der Waals surface area (Å²) in [6, 6.07) is 8.05. The molecule has 2 aromatic rings. The molecule has 0 saturated carbocycles. The highest BCUT2D eigenvalue weighted by atomic mass is 35.5. The van der Waals surface area contributed by atoms with E-state index in [1.54, 1.807) is 6.20 Å². The molecule has 1 N–H and O–H groups in total. The second-order valence-corrected chi connectivity index (χ2v) is 6.83. The third-order valence-electron chi connectivity index (χ3n) is 4.70. The molecule has 132 valence electrons. The predicted molar refractivity (Wildman–Crippen MR) is 98.7 cm³/mol. The molecule has 0 unspecified atom stereocenters. The average Bonchev–Trinajstić information content (AvgIpc) is 2.64. The molecule has 3 rings (SSSR count). The first-order valence-corrected chi connectivity index (χ1v) is 9.07. The largest absolute Gasteiger partial charge is 0.350 e. The third kappa shape index (κ3) is 4.55. The first-order valence-electron chi connectivity index (χ1n) is 8.69. The smallest absolute Gasteiger partial charge is 0.254 e. The molecule has 1 atom stereocenters. The second kappa shape index (κ2) is 8.41. The van der Waals surface area contributed by atoms with Gasteiger partial charge in [0.25, 0.3) is 5.91 Å². The average molecular weight is 359 g/mol. The molecule has 0 radical (unpaired) electrons. The molecule has 1 aliphatic heterocycles. The van der Waals surface area contributed by atoms with Gasteiger partial charge in [0, 0.05) is 17.8 Å². The number of aromatic nitrogens is 2. The summed E-state index contributed by atoms with van der Waals surface area (Å²) in [5, 5.41) is 3.78.